The number of aliphatic imine (C=N–C) groups is 2. The van der Waals surface area contributed by atoms with Gasteiger partial charge < -0.3 is 44.4 Å². The number of rotatable bonds is 15. The lowest BCUT2D eigenvalue weighted by Gasteiger charge is -2.30. The molecular weight excluding hydrogens is 1220 g/mol. The molecule has 5 aromatic rings. The van der Waals surface area contributed by atoms with Crippen molar-refractivity contribution in [1.82, 2.24) is 62.7 Å². The molecule has 2 fully saturated rings. The van der Waals surface area contributed by atoms with Crippen molar-refractivity contribution >= 4 is 82.5 Å². The van der Waals surface area contributed by atoms with E-state index in [-0.39, 0.29) is 12.8 Å². The first-order chi connectivity index (χ1) is 35.8. The number of nitrogens with zero attached hydrogens (tertiary/aromatic N) is 13. The van der Waals surface area contributed by atoms with E-state index in [0.717, 1.165) is 35.6 Å². The van der Waals surface area contributed by atoms with Gasteiger partial charge in [-0.2, -0.15) is 37.3 Å². The maximum absolute atomic E-state index is 14.7. The van der Waals surface area contributed by atoms with E-state index in [2.05, 4.69) is 87.1 Å². The van der Waals surface area contributed by atoms with E-state index < -0.39 is 120 Å². The number of aliphatic hydroxyl groups excluding tert-OH is 3. The summed E-state index contributed by atoms with van der Waals surface area (Å²) in [6.07, 6.45) is 2.07. The minimum Gasteiger partial charge on any atom is -0.393 e. The summed E-state index contributed by atoms with van der Waals surface area (Å²) in [6.45, 7) is 2.04. The maximum Gasteiger partial charge on any atom is 0.490 e. The summed E-state index contributed by atoms with van der Waals surface area (Å²) in [4.78, 5) is 104. The number of H-pyrrole nitrogens is 2. The molecule has 36 nitrogen and oxygen atoms in total. The molecule has 0 aliphatic carbocycles. The number of hydrogen-bond acceptors (Lipinski definition) is 25. The Morgan fingerprint density at radius 1 is 0.714 bits per heavy atom. The van der Waals surface area contributed by atoms with Crippen LogP contribution >= 0.6 is 70.0 Å². The third-order valence-corrected chi connectivity index (χ3v) is 16.0. The molecule has 2 unspecified atom stereocenters. The van der Waals surface area contributed by atoms with E-state index in [1.54, 1.807) is 19.5 Å². The van der Waals surface area contributed by atoms with E-state index in [1.807, 2.05) is 9.97 Å². The third kappa shape index (κ3) is 17.8. The zero-order chi connectivity index (χ0) is 57.8. The lowest BCUT2D eigenvalue weighted by atomic mass is 9.94. The predicted octanol–water partition coefficient (Wildman–Crippen LogP) is 0.586. The molecule has 3 aliphatic rings. The Bertz CT molecular complexity index is 3160. The normalized spacial score (nSPS) is 25.4. The number of phosphoric ester groups is 1. The van der Waals surface area contributed by atoms with Crippen LogP contribution in [0, 0.1) is 0 Å². The van der Waals surface area contributed by atoms with Crippen LogP contribution < -0.4 is 22.5 Å². The summed E-state index contributed by atoms with van der Waals surface area (Å²) in [6, 6.07) is 1.93. The van der Waals surface area contributed by atoms with Crippen LogP contribution in [0.25, 0.3) is 0 Å². The number of aromatic amines is 2. The molecule has 77 heavy (non-hydrogen) atoms. The van der Waals surface area contributed by atoms with Gasteiger partial charge >= 0.3 is 47.6 Å². The molecule has 0 spiro atoms. The fourth-order valence-electron chi connectivity index (χ4n) is 6.39. The zero-order valence-electron chi connectivity index (χ0n) is 38.7. The number of halogens is 5. The maximum atomic E-state index is 14.7. The molecule has 428 valence electrons. The van der Waals surface area contributed by atoms with E-state index >= 15 is 0 Å². The van der Waals surface area contributed by atoms with E-state index in [0.29, 0.717) is 4.57 Å². The number of aliphatic hydroxyl groups is 3. The second-order valence-corrected chi connectivity index (χ2v) is 28.2. The summed E-state index contributed by atoms with van der Waals surface area (Å²) >= 11 is 13.8. The van der Waals surface area contributed by atoms with Gasteiger partial charge in [-0.15, -0.1) is 0 Å². The van der Waals surface area contributed by atoms with Crippen molar-refractivity contribution in [2.75, 3.05) is 19.8 Å². The van der Waals surface area contributed by atoms with Crippen molar-refractivity contribution in [3.8, 4) is 0 Å². The Morgan fingerprint density at radius 3 is 1.43 bits per heavy atom. The van der Waals surface area contributed by atoms with Crippen molar-refractivity contribution in [2.45, 2.75) is 74.9 Å². The van der Waals surface area contributed by atoms with Crippen LogP contribution in [0.4, 0.5) is 8.78 Å². The summed E-state index contributed by atoms with van der Waals surface area (Å²) in [7, 11) is -20.4. The molecule has 0 bridgehead atoms. The van der Waals surface area contributed by atoms with Gasteiger partial charge in [0.25, 0.3) is 11.1 Å². The Kier molecular flexibility index (Phi) is 22.9. The first-order valence-electron chi connectivity index (χ1n) is 20.6. The van der Waals surface area contributed by atoms with Gasteiger partial charge in [0, 0.05) is 30.7 Å². The van der Waals surface area contributed by atoms with Gasteiger partial charge in [0.2, 0.25) is 0 Å². The Labute approximate surface area is 441 Å². The van der Waals surface area contributed by atoms with Crippen molar-refractivity contribution in [3.05, 3.63) is 104 Å². The first kappa shape index (κ1) is 65.0. The van der Waals surface area contributed by atoms with Gasteiger partial charge in [0.05, 0.1) is 19.8 Å². The molecule has 10 atom stereocenters. The van der Waals surface area contributed by atoms with Crippen molar-refractivity contribution in [1.29, 1.82) is 0 Å². The van der Waals surface area contributed by atoms with E-state index in [1.165, 1.54) is 58.2 Å². The fourth-order valence-corrected chi connectivity index (χ4v) is 11.2. The summed E-state index contributed by atoms with van der Waals surface area (Å²) < 4.78 is 112. The number of alkyl halides is 2. The van der Waals surface area contributed by atoms with Crippen molar-refractivity contribution < 1.29 is 89.1 Å². The Morgan fingerprint density at radius 2 is 1.13 bits per heavy atom. The monoisotopic (exact) mass is 1260 g/mol. The van der Waals surface area contributed by atoms with Crippen molar-refractivity contribution in [3.63, 3.8) is 0 Å². The molecule has 3 aliphatic heterocycles. The van der Waals surface area contributed by atoms with Crippen LogP contribution in [-0.2, 0) is 45.4 Å². The van der Waals surface area contributed by atoms with E-state index in [9.17, 15) is 71.0 Å². The quantitative estimate of drug-likeness (QED) is 0.0648. The number of aromatic nitrogens is 13. The highest BCUT2D eigenvalue weighted by molar-refractivity contribution is 8.24. The predicted molar refractivity (Wildman–Crippen MR) is 259 cm³/mol. The standard InChI is InChI=1S/C11H18FN2O14P3.C11H15FN2O5.C6H6N9OP.C3H4N2.Cl3OP/c1-2-11(5-25-30(21,22)28-31(23,24)27-29(18,19)20)8(16)7(12)9(26-11)14-4-3-6(15)13-10(14)17;1-2-11(5-15)8(17)7(12)9(19-11)14-4-3-6(16)13-10(14)18;16-17(13-4-7-1-10-13,14-5-8-2-11-14)15-6-9-3-12-15;1-2-5-3-4-1;1-5(2,3)4/h3-4,7-9,16H,2,5H2,1H3,(H,21,22)(H,23,24)(H,13,15,17)(H2,18,19,20);3-4,7-9,15,17H,2,5H2,1H3,(H,13,16,18);1-6H;1,3H,2H2;/t2*7-,8+,9-,11-;;;/m11.../s1. The highest BCUT2D eigenvalue weighted by atomic mass is 36.0. The minimum absolute atomic E-state index is 0.180. The number of nitrogens with one attached hydrogen (secondary N) is 2. The largest absolute Gasteiger partial charge is 0.490 e. The van der Waals surface area contributed by atoms with Gasteiger partial charge in [0.15, 0.2) is 24.8 Å². The second-order valence-electron chi connectivity index (χ2n) is 14.9. The molecule has 9 N–H and O–H groups in total. The van der Waals surface area contributed by atoms with Gasteiger partial charge in [0.1, 0.15) is 67.7 Å². The smallest absolute Gasteiger partial charge is 0.393 e. The van der Waals surface area contributed by atoms with Crippen LogP contribution in [0.1, 0.15) is 39.1 Å². The minimum atomic E-state index is -5.78. The molecule has 8 rings (SSSR count). The van der Waals surface area contributed by atoms with Crippen LogP contribution in [-0.4, -0.2) is 166 Å². The molecule has 46 heteroatoms. The van der Waals surface area contributed by atoms with Crippen LogP contribution in [0.15, 0.2) is 91.7 Å². The van der Waals surface area contributed by atoms with Gasteiger partial charge in [-0.25, -0.2) is 56.6 Å². The molecule has 2 saturated heterocycles. The average molecular weight is 1260 g/mol. The summed E-state index contributed by atoms with van der Waals surface area (Å²) in [5, 5.41) is 37.8. The molecule has 0 saturated carbocycles. The van der Waals surface area contributed by atoms with Crippen LogP contribution in [0.3, 0.4) is 0 Å². The average Bonchev–Trinajstić information content (AvgIpc) is 4.21. The lowest BCUT2D eigenvalue weighted by Crippen LogP contribution is -2.45. The van der Waals surface area contributed by atoms with E-state index in [4.69, 9.17) is 24.2 Å². The number of hydrogen-bond donors (Lipinski definition) is 9. The molecule has 0 aromatic carbocycles. The Balaban J connectivity index is 0.000000237. The van der Waals surface area contributed by atoms with Gasteiger partial charge in [-0.1, -0.05) is 13.8 Å². The second kappa shape index (κ2) is 27.1. The molecular formula is C31H43Cl3F2N15O21P5. The summed E-state index contributed by atoms with van der Waals surface area (Å²) in [5.41, 5.74) is -6.84. The number of ether oxygens (including phenoxy) is 2. The lowest BCUT2D eigenvalue weighted by molar-refractivity contribution is -0.130. The SMILES string of the molecule is C1=NC=NC1.CC[C@]1(CO)O[C@@H](n2ccc(=O)[nH]c2=O)[C@H](F)[C@@H]1O.CC[C@]1(COP(=O)(O)OP(=O)(O)OP(=O)(O)O)O[C@@H](n2ccc(=O)[nH]c2=O)[C@H](F)[C@@H]1O.O=P(Cl)(Cl)Cl.O=P(n1cncn1)(n1cncn1)n1cncn1. The van der Waals surface area contributed by atoms with Crippen LogP contribution in [0.5, 0.6) is 0 Å². The molecule has 0 amide bonds. The van der Waals surface area contributed by atoms with Crippen molar-refractivity contribution in [2.24, 2.45) is 9.98 Å². The summed E-state index contributed by atoms with van der Waals surface area (Å²) in [5.74, 6) is 0. The number of phosphoric acid groups is 3. The molecule has 0 radical (unpaired) electrons. The van der Waals surface area contributed by atoms with Gasteiger partial charge in [-0.3, -0.25) is 42.8 Å². The fraction of sp³-hybridized carbons (Fsp3) is 0.484. The highest BCUT2D eigenvalue weighted by Gasteiger charge is 2.57. The topological polar surface area (TPSA) is 500 Å². The molecule has 5 aromatic heterocycles. The first-order valence-corrected chi connectivity index (χ1v) is 31.2. The molecule has 8 heterocycles. The Hall–Kier alpha value is -4.48. The van der Waals surface area contributed by atoms with Crippen LogP contribution in [0.2, 0.25) is 0 Å². The van der Waals surface area contributed by atoms with Gasteiger partial charge in [-0.05, 0) is 46.6 Å². The third-order valence-electron chi connectivity index (χ3n) is 10.0. The zero-order valence-corrected chi connectivity index (χ0v) is 45.5. The highest BCUT2D eigenvalue weighted by Crippen LogP contribution is 2.66.